The number of aryl methyl sites for hydroxylation is 1. The molecule has 1 aromatic heterocycles. The highest BCUT2D eigenvalue weighted by atomic mass is 32.1. The van der Waals surface area contributed by atoms with Crippen molar-refractivity contribution in [3.05, 3.63) is 29.1 Å². The van der Waals surface area contributed by atoms with E-state index in [2.05, 4.69) is 15.6 Å². The first kappa shape index (κ1) is 16.5. The number of anilines is 1. The molecule has 2 N–H and O–H groups in total. The summed E-state index contributed by atoms with van der Waals surface area (Å²) < 4.78 is 5.44. The van der Waals surface area contributed by atoms with E-state index in [1.807, 2.05) is 45.2 Å². The Balaban J connectivity index is 2.10. The van der Waals surface area contributed by atoms with Crippen LogP contribution in [0.5, 0.6) is 5.75 Å². The minimum absolute atomic E-state index is 0.0265. The van der Waals surface area contributed by atoms with E-state index in [4.69, 9.17) is 4.74 Å². The van der Waals surface area contributed by atoms with Crippen LogP contribution in [0.2, 0.25) is 0 Å². The molecule has 0 aliphatic heterocycles. The van der Waals surface area contributed by atoms with Crippen molar-refractivity contribution in [3.8, 4) is 17.0 Å². The van der Waals surface area contributed by atoms with Crippen LogP contribution < -0.4 is 15.4 Å². The molecule has 0 aliphatic carbocycles. The van der Waals surface area contributed by atoms with Crippen molar-refractivity contribution >= 4 is 22.4 Å². The van der Waals surface area contributed by atoms with Gasteiger partial charge in [-0.3, -0.25) is 4.79 Å². The Morgan fingerprint density at radius 3 is 2.68 bits per heavy atom. The third kappa shape index (κ3) is 4.29. The Labute approximate surface area is 134 Å². The second-order valence-electron chi connectivity index (χ2n) is 4.78. The first-order valence-electron chi connectivity index (χ1n) is 7.29. The summed E-state index contributed by atoms with van der Waals surface area (Å²) in [6.45, 7) is 5.27. The highest BCUT2D eigenvalue weighted by Gasteiger charge is 2.12. The van der Waals surface area contributed by atoms with Gasteiger partial charge in [0.15, 0.2) is 5.13 Å². The molecular weight excluding hydrogens is 298 g/mol. The standard InChI is InChI=1S/C16H21N3O2S/c1-4-21-13-7-5-12(6-8-13)15-11(2)22-16(19-15)18-14(20)9-10-17-3/h5-8,17H,4,9-10H2,1-3H3,(H,18,19,20). The van der Waals surface area contributed by atoms with E-state index in [1.54, 1.807) is 0 Å². The Kier molecular flexibility index (Phi) is 5.91. The second kappa shape index (κ2) is 7.91. The molecule has 0 saturated carbocycles. The molecule has 1 heterocycles. The SMILES string of the molecule is CCOc1ccc(-c2nc(NC(=O)CCNC)sc2C)cc1. The van der Waals surface area contributed by atoms with Crippen LogP contribution in [0.3, 0.4) is 0 Å². The third-order valence-electron chi connectivity index (χ3n) is 3.08. The predicted octanol–water partition coefficient (Wildman–Crippen LogP) is 3.07. The van der Waals surface area contributed by atoms with Gasteiger partial charge in [-0.25, -0.2) is 4.98 Å². The first-order chi connectivity index (χ1) is 10.6. The molecule has 6 heteroatoms. The van der Waals surface area contributed by atoms with Crippen molar-refractivity contribution in [1.29, 1.82) is 0 Å². The van der Waals surface area contributed by atoms with Crippen LogP contribution in [0, 0.1) is 6.92 Å². The number of amides is 1. The van der Waals surface area contributed by atoms with Crippen LogP contribution >= 0.6 is 11.3 Å². The van der Waals surface area contributed by atoms with Crippen molar-refractivity contribution in [1.82, 2.24) is 10.3 Å². The second-order valence-corrected chi connectivity index (χ2v) is 5.99. The number of rotatable bonds is 7. The normalized spacial score (nSPS) is 10.5. The molecule has 2 rings (SSSR count). The molecule has 2 aromatic rings. The Hall–Kier alpha value is -1.92. The minimum Gasteiger partial charge on any atom is -0.494 e. The van der Waals surface area contributed by atoms with Crippen LogP contribution in [0.1, 0.15) is 18.2 Å². The number of hydrogen-bond donors (Lipinski definition) is 2. The lowest BCUT2D eigenvalue weighted by atomic mass is 10.1. The molecule has 0 saturated heterocycles. The summed E-state index contributed by atoms with van der Waals surface area (Å²) in [7, 11) is 1.82. The summed E-state index contributed by atoms with van der Waals surface area (Å²) in [6, 6.07) is 7.84. The van der Waals surface area contributed by atoms with Gasteiger partial charge in [-0.15, -0.1) is 11.3 Å². The Morgan fingerprint density at radius 2 is 2.05 bits per heavy atom. The molecular formula is C16H21N3O2S. The summed E-state index contributed by atoms with van der Waals surface area (Å²) in [5.74, 6) is 0.820. The molecule has 1 aromatic carbocycles. The molecule has 0 atom stereocenters. The lowest BCUT2D eigenvalue weighted by Crippen LogP contribution is -2.18. The fraction of sp³-hybridized carbons (Fsp3) is 0.375. The number of ether oxygens (including phenoxy) is 1. The van der Waals surface area contributed by atoms with Crippen LogP contribution in [0.4, 0.5) is 5.13 Å². The van der Waals surface area contributed by atoms with Crippen LogP contribution in [-0.2, 0) is 4.79 Å². The van der Waals surface area contributed by atoms with Crippen molar-refractivity contribution in [2.45, 2.75) is 20.3 Å². The van der Waals surface area contributed by atoms with E-state index >= 15 is 0 Å². The zero-order chi connectivity index (χ0) is 15.9. The van der Waals surface area contributed by atoms with E-state index in [1.165, 1.54) is 11.3 Å². The van der Waals surface area contributed by atoms with E-state index in [-0.39, 0.29) is 5.91 Å². The summed E-state index contributed by atoms with van der Waals surface area (Å²) >= 11 is 1.49. The number of nitrogens with zero attached hydrogens (tertiary/aromatic N) is 1. The van der Waals surface area contributed by atoms with Crippen molar-refractivity contribution in [3.63, 3.8) is 0 Å². The predicted molar refractivity (Wildman–Crippen MR) is 90.6 cm³/mol. The van der Waals surface area contributed by atoms with Gasteiger partial charge < -0.3 is 15.4 Å². The van der Waals surface area contributed by atoms with Crippen molar-refractivity contribution in [2.75, 3.05) is 25.5 Å². The minimum atomic E-state index is -0.0265. The zero-order valence-corrected chi connectivity index (χ0v) is 13.9. The molecule has 0 fully saturated rings. The maximum absolute atomic E-state index is 11.7. The van der Waals surface area contributed by atoms with Gasteiger partial charge in [-0.05, 0) is 45.2 Å². The monoisotopic (exact) mass is 319 g/mol. The molecule has 0 unspecified atom stereocenters. The molecule has 0 aliphatic rings. The van der Waals surface area contributed by atoms with Crippen LogP contribution in [0.25, 0.3) is 11.3 Å². The van der Waals surface area contributed by atoms with Crippen molar-refractivity contribution < 1.29 is 9.53 Å². The molecule has 5 nitrogen and oxygen atoms in total. The highest BCUT2D eigenvalue weighted by Crippen LogP contribution is 2.31. The van der Waals surface area contributed by atoms with Gasteiger partial charge in [0.05, 0.1) is 12.3 Å². The maximum atomic E-state index is 11.7. The van der Waals surface area contributed by atoms with E-state index in [0.717, 1.165) is 21.9 Å². The molecule has 118 valence electrons. The van der Waals surface area contributed by atoms with E-state index < -0.39 is 0 Å². The topological polar surface area (TPSA) is 63.2 Å². The van der Waals surface area contributed by atoms with Gasteiger partial charge in [-0.1, -0.05) is 0 Å². The number of nitrogens with one attached hydrogen (secondary N) is 2. The van der Waals surface area contributed by atoms with E-state index in [9.17, 15) is 4.79 Å². The summed E-state index contributed by atoms with van der Waals surface area (Å²) in [4.78, 5) is 17.4. The fourth-order valence-electron chi connectivity index (χ4n) is 2.01. The van der Waals surface area contributed by atoms with Gasteiger partial charge in [0, 0.05) is 23.4 Å². The molecule has 0 spiro atoms. The number of carbonyl (C=O) groups is 1. The summed E-state index contributed by atoms with van der Waals surface area (Å²) in [5, 5.41) is 6.44. The Morgan fingerprint density at radius 1 is 1.32 bits per heavy atom. The molecule has 22 heavy (non-hydrogen) atoms. The van der Waals surface area contributed by atoms with Crippen LogP contribution in [0.15, 0.2) is 24.3 Å². The highest BCUT2D eigenvalue weighted by molar-refractivity contribution is 7.16. The lowest BCUT2D eigenvalue weighted by molar-refractivity contribution is -0.116. The van der Waals surface area contributed by atoms with Gasteiger partial charge >= 0.3 is 0 Å². The molecule has 0 bridgehead atoms. The average molecular weight is 319 g/mol. The van der Waals surface area contributed by atoms with Gasteiger partial charge in [-0.2, -0.15) is 0 Å². The van der Waals surface area contributed by atoms with Crippen molar-refractivity contribution in [2.24, 2.45) is 0 Å². The number of hydrogen-bond acceptors (Lipinski definition) is 5. The fourth-order valence-corrected chi connectivity index (χ4v) is 2.87. The number of aromatic nitrogens is 1. The van der Waals surface area contributed by atoms with Gasteiger partial charge in [0.2, 0.25) is 5.91 Å². The van der Waals surface area contributed by atoms with Crippen LogP contribution in [-0.4, -0.2) is 31.1 Å². The summed E-state index contributed by atoms with van der Waals surface area (Å²) in [6.07, 6.45) is 0.438. The molecule has 0 radical (unpaired) electrons. The first-order valence-corrected chi connectivity index (χ1v) is 8.10. The largest absolute Gasteiger partial charge is 0.494 e. The van der Waals surface area contributed by atoms with E-state index in [0.29, 0.717) is 24.7 Å². The number of carbonyl (C=O) groups excluding carboxylic acids is 1. The molecule has 1 amide bonds. The quantitative estimate of drug-likeness (QED) is 0.823. The van der Waals surface area contributed by atoms with Gasteiger partial charge in [0.25, 0.3) is 0 Å². The Bertz CT molecular complexity index is 623. The van der Waals surface area contributed by atoms with Gasteiger partial charge in [0.1, 0.15) is 5.75 Å². The maximum Gasteiger partial charge on any atom is 0.227 e. The lowest BCUT2D eigenvalue weighted by Gasteiger charge is -2.04. The smallest absolute Gasteiger partial charge is 0.227 e. The number of thiazole rings is 1. The zero-order valence-electron chi connectivity index (χ0n) is 13.1. The number of benzene rings is 1. The average Bonchev–Trinajstić information content (AvgIpc) is 2.87. The third-order valence-corrected chi connectivity index (χ3v) is 3.97. The summed E-state index contributed by atoms with van der Waals surface area (Å²) in [5.41, 5.74) is 1.92.